The van der Waals surface area contributed by atoms with Gasteiger partial charge in [-0.3, -0.25) is 10.6 Å². The normalized spacial score (nSPS) is 12.3. The van der Waals surface area contributed by atoms with Crippen molar-refractivity contribution in [3.8, 4) is 0 Å². The van der Waals surface area contributed by atoms with E-state index < -0.39 is 0 Å². The molecular formula is C13H23N5O2. The third-order valence-corrected chi connectivity index (χ3v) is 2.89. The van der Waals surface area contributed by atoms with Gasteiger partial charge in [-0.1, -0.05) is 20.8 Å². The molecule has 0 saturated carbocycles. The number of hydrogen-bond acceptors (Lipinski definition) is 6. The van der Waals surface area contributed by atoms with Crippen LogP contribution in [0.1, 0.15) is 49.4 Å². The second-order valence-electron chi connectivity index (χ2n) is 4.82. The van der Waals surface area contributed by atoms with Crippen LogP contribution in [-0.2, 0) is 4.74 Å². The lowest BCUT2D eigenvalue weighted by molar-refractivity contribution is 0.0890. The molecule has 0 aromatic carbocycles. The molecule has 1 rings (SSSR count). The Bertz CT molecular complexity index is 450. The Hall–Kier alpha value is -1.73. The summed E-state index contributed by atoms with van der Waals surface area (Å²) in [4.78, 5) is 20.7. The Morgan fingerprint density at radius 3 is 2.70 bits per heavy atom. The largest absolute Gasteiger partial charge is 0.383 e. The highest BCUT2D eigenvalue weighted by atomic mass is 16.5. The molecule has 0 radical (unpaired) electrons. The van der Waals surface area contributed by atoms with Gasteiger partial charge in [-0.2, -0.15) is 0 Å². The number of aromatic nitrogens is 2. The molecule has 112 valence electrons. The predicted molar refractivity (Wildman–Crippen MR) is 77.4 cm³/mol. The molecule has 20 heavy (non-hydrogen) atoms. The number of carbonyl (C=O) groups excluding carboxylic acids is 1. The van der Waals surface area contributed by atoms with Crippen LogP contribution in [0.15, 0.2) is 6.20 Å². The predicted octanol–water partition coefficient (Wildman–Crippen LogP) is 1.04. The quantitative estimate of drug-likeness (QED) is 0.510. The van der Waals surface area contributed by atoms with Crippen molar-refractivity contribution in [3.05, 3.63) is 17.7 Å². The maximum absolute atomic E-state index is 12.3. The average Bonchev–Trinajstić information content (AvgIpc) is 2.45. The minimum Gasteiger partial charge on any atom is -0.383 e. The number of methoxy groups -OCH3 is 1. The Kier molecular flexibility index (Phi) is 6.33. The highest BCUT2D eigenvalue weighted by Crippen LogP contribution is 2.15. The fourth-order valence-electron chi connectivity index (χ4n) is 1.67. The first-order valence-corrected chi connectivity index (χ1v) is 6.66. The van der Waals surface area contributed by atoms with Crippen LogP contribution in [0.5, 0.6) is 0 Å². The van der Waals surface area contributed by atoms with Crippen molar-refractivity contribution in [1.29, 1.82) is 0 Å². The molecule has 0 aliphatic heterocycles. The highest BCUT2D eigenvalue weighted by Gasteiger charge is 2.18. The number of amides is 1. The number of hydrazine groups is 1. The van der Waals surface area contributed by atoms with E-state index in [2.05, 4.69) is 20.7 Å². The van der Waals surface area contributed by atoms with Gasteiger partial charge >= 0.3 is 0 Å². The summed E-state index contributed by atoms with van der Waals surface area (Å²) in [6.45, 7) is 6.36. The molecule has 1 atom stereocenters. The maximum Gasteiger partial charge on any atom is 0.272 e. The van der Waals surface area contributed by atoms with Gasteiger partial charge in [0.25, 0.3) is 5.91 Å². The zero-order chi connectivity index (χ0) is 15.1. The number of anilines is 1. The Morgan fingerprint density at radius 2 is 2.20 bits per heavy atom. The molecule has 7 nitrogen and oxygen atoms in total. The molecule has 1 heterocycles. The topological polar surface area (TPSA) is 102 Å². The molecule has 0 bridgehead atoms. The lowest BCUT2D eigenvalue weighted by Crippen LogP contribution is -2.38. The lowest BCUT2D eigenvalue weighted by atomic mass is 10.2. The number of rotatable bonds is 7. The third-order valence-electron chi connectivity index (χ3n) is 2.89. The second-order valence-corrected chi connectivity index (χ2v) is 4.82. The van der Waals surface area contributed by atoms with E-state index in [-0.39, 0.29) is 23.6 Å². The van der Waals surface area contributed by atoms with Crippen molar-refractivity contribution in [1.82, 2.24) is 15.3 Å². The summed E-state index contributed by atoms with van der Waals surface area (Å²) in [6.07, 6.45) is 2.29. The Balaban J connectivity index is 2.97. The van der Waals surface area contributed by atoms with Gasteiger partial charge in [0.2, 0.25) is 0 Å². The fraction of sp³-hybridized carbons (Fsp3) is 0.615. The van der Waals surface area contributed by atoms with Crippen molar-refractivity contribution in [3.63, 3.8) is 0 Å². The number of nitrogens with one attached hydrogen (secondary N) is 2. The van der Waals surface area contributed by atoms with E-state index in [0.29, 0.717) is 18.1 Å². The number of nitrogens with two attached hydrogens (primary N) is 1. The first kappa shape index (κ1) is 16.3. The average molecular weight is 281 g/mol. The van der Waals surface area contributed by atoms with Gasteiger partial charge in [-0.15, -0.1) is 0 Å². The number of ether oxygens (including phenoxy) is 1. The molecule has 1 unspecified atom stereocenters. The first-order chi connectivity index (χ1) is 9.53. The number of nitrogens with zero attached hydrogens (tertiary/aromatic N) is 2. The molecule has 1 amide bonds. The minimum absolute atomic E-state index is 0.0596. The summed E-state index contributed by atoms with van der Waals surface area (Å²) < 4.78 is 5.06. The van der Waals surface area contributed by atoms with Gasteiger partial charge in [0.15, 0.2) is 5.69 Å². The number of carbonyl (C=O) groups is 1. The molecule has 0 saturated heterocycles. The molecule has 4 N–H and O–H groups in total. The molecule has 1 aromatic rings. The van der Waals surface area contributed by atoms with E-state index in [1.165, 1.54) is 6.20 Å². The van der Waals surface area contributed by atoms with Gasteiger partial charge in [0, 0.05) is 13.0 Å². The Labute approximate surface area is 119 Å². The van der Waals surface area contributed by atoms with Gasteiger partial charge in [0.1, 0.15) is 5.82 Å². The van der Waals surface area contributed by atoms with E-state index in [9.17, 15) is 4.79 Å². The van der Waals surface area contributed by atoms with Crippen LogP contribution in [0.25, 0.3) is 0 Å². The van der Waals surface area contributed by atoms with Crippen LogP contribution in [0, 0.1) is 0 Å². The van der Waals surface area contributed by atoms with Crippen LogP contribution in [0.3, 0.4) is 0 Å². The fourth-order valence-corrected chi connectivity index (χ4v) is 1.67. The number of nitrogen functional groups attached to an aromatic ring is 1. The summed E-state index contributed by atoms with van der Waals surface area (Å²) in [5.41, 5.74) is 3.10. The standard InChI is InChI=1S/C13H23N5O2/c1-5-9(7-20-4)16-13(19)11-10(18-14)6-15-12(17-11)8(2)3/h6,8-9,18H,5,7,14H2,1-4H3,(H,16,19). The van der Waals surface area contributed by atoms with Gasteiger partial charge in [-0.25, -0.2) is 9.97 Å². The highest BCUT2D eigenvalue weighted by molar-refractivity contribution is 5.97. The second kappa shape index (κ2) is 7.76. The molecule has 0 fully saturated rings. The summed E-state index contributed by atoms with van der Waals surface area (Å²) in [7, 11) is 1.60. The van der Waals surface area contributed by atoms with E-state index in [0.717, 1.165) is 6.42 Å². The molecular weight excluding hydrogens is 258 g/mol. The SMILES string of the molecule is CCC(COC)NC(=O)c1nc(C(C)C)ncc1NN. The molecule has 0 spiro atoms. The van der Waals surface area contributed by atoms with E-state index >= 15 is 0 Å². The van der Waals surface area contributed by atoms with Gasteiger partial charge in [-0.05, 0) is 6.42 Å². The van der Waals surface area contributed by atoms with Gasteiger partial charge < -0.3 is 15.5 Å². The minimum atomic E-state index is -0.286. The van der Waals surface area contributed by atoms with E-state index in [1.807, 2.05) is 20.8 Å². The molecule has 7 heteroatoms. The zero-order valence-corrected chi connectivity index (χ0v) is 12.4. The maximum atomic E-state index is 12.3. The van der Waals surface area contributed by atoms with Crippen LogP contribution in [-0.4, -0.2) is 35.6 Å². The zero-order valence-electron chi connectivity index (χ0n) is 12.4. The first-order valence-electron chi connectivity index (χ1n) is 6.66. The van der Waals surface area contributed by atoms with Crippen LogP contribution in [0.2, 0.25) is 0 Å². The summed E-state index contributed by atoms with van der Waals surface area (Å²) in [5, 5.41) is 2.87. The van der Waals surface area contributed by atoms with Crippen molar-refractivity contribution in [2.45, 2.75) is 39.2 Å². The summed E-state index contributed by atoms with van der Waals surface area (Å²) in [6, 6.07) is -0.0596. The molecule has 1 aromatic heterocycles. The number of hydrogen-bond donors (Lipinski definition) is 3. The smallest absolute Gasteiger partial charge is 0.272 e. The third kappa shape index (κ3) is 4.14. The lowest BCUT2D eigenvalue weighted by Gasteiger charge is -2.17. The molecule has 0 aliphatic carbocycles. The van der Waals surface area contributed by atoms with Crippen molar-refractivity contribution < 1.29 is 9.53 Å². The molecule has 0 aliphatic rings. The van der Waals surface area contributed by atoms with Crippen molar-refractivity contribution in [2.75, 3.05) is 19.1 Å². The summed E-state index contributed by atoms with van der Waals surface area (Å²) in [5.74, 6) is 5.86. The van der Waals surface area contributed by atoms with E-state index in [1.54, 1.807) is 7.11 Å². The van der Waals surface area contributed by atoms with Crippen molar-refractivity contribution in [2.24, 2.45) is 5.84 Å². The van der Waals surface area contributed by atoms with Crippen LogP contribution < -0.4 is 16.6 Å². The van der Waals surface area contributed by atoms with Crippen molar-refractivity contribution >= 4 is 11.6 Å². The monoisotopic (exact) mass is 281 g/mol. The Morgan fingerprint density at radius 1 is 1.50 bits per heavy atom. The van der Waals surface area contributed by atoms with E-state index in [4.69, 9.17) is 10.6 Å². The summed E-state index contributed by atoms with van der Waals surface area (Å²) >= 11 is 0. The van der Waals surface area contributed by atoms with Crippen LogP contribution >= 0.6 is 0 Å². The van der Waals surface area contributed by atoms with Gasteiger partial charge in [0.05, 0.1) is 24.5 Å². The van der Waals surface area contributed by atoms with Crippen LogP contribution in [0.4, 0.5) is 5.69 Å².